The summed E-state index contributed by atoms with van der Waals surface area (Å²) in [6.07, 6.45) is 4.21. The number of nitrogens with zero attached hydrogens (tertiary/aromatic N) is 1. The summed E-state index contributed by atoms with van der Waals surface area (Å²) in [5.41, 5.74) is 2.61. The van der Waals surface area contributed by atoms with E-state index < -0.39 is 0 Å². The Morgan fingerprint density at radius 1 is 1.23 bits per heavy atom. The number of hydrogen-bond acceptors (Lipinski definition) is 2. The average molecular weight is 359 g/mol. The van der Waals surface area contributed by atoms with E-state index in [1.807, 2.05) is 0 Å². The molecule has 0 bridgehead atoms. The molecule has 1 aromatic carbocycles. The number of rotatable bonds is 9. The van der Waals surface area contributed by atoms with Crippen molar-refractivity contribution in [3.05, 3.63) is 35.4 Å². The summed E-state index contributed by atoms with van der Waals surface area (Å²) in [5, 5.41) is 9.67. The first-order valence-electron chi connectivity index (χ1n) is 9.96. The standard InChI is InChI=1S/C21H34N4O/c1-4-22-21(24-13-7-12-23-20(26)18-9-6-10-18)25-15-17(3)19-11-5-8-16(2)14-19/h5,8,11,14,17-18H,4,6-7,9-10,12-13,15H2,1-3H3,(H,23,26)(H2,22,24,25). The molecule has 1 unspecified atom stereocenters. The van der Waals surface area contributed by atoms with E-state index in [-0.39, 0.29) is 11.8 Å². The second-order valence-corrected chi connectivity index (χ2v) is 7.23. The van der Waals surface area contributed by atoms with Crippen LogP contribution in [0.3, 0.4) is 0 Å². The topological polar surface area (TPSA) is 65.5 Å². The molecule has 1 aliphatic carbocycles. The summed E-state index contributed by atoms with van der Waals surface area (Å²) in [6.45, 7) is 9.50. The minimum Gasteiger partial charge on any atom is -0.357 e. The summed E-state index contributed by atoms with van der Waals surface area (Å²) in [6, 6.07) is 8.62. The van der Waals surface area contributed by atoms with Gasteiger partial charge in [-0.1, -0.05) is 43.2 Å². The van der Waals surface area contributed by atoms with Crippen molar-refractivity contribution >= 4 is 11.9 Å². The van der Waals surface area contributed by atoms with E-state index in [0.717, 1.165) is 51.4 Å². The lowest BCUT2D eigenvalue weighted by Gasteiger charge is -2.24. The van der Waals surface area contributed by atoms with Crippen LogP contribution in [0.25, 0.3) is 0 Å². The van der Waals surface area contributed by atoms with Crippen LogP contribution in [0.2, 0.25) is 0 Å². The van der Waals surface area contributed by atoms with Crippen LogP contribution in [0.1, 0.15) is 56.6 Å². The highest BCUT2D eigenvalue weighted by Crippen LogP contribution is 2.26. The number of carbonyl (C=O) groups is 1. The largest absolute Gasteiger partial charge is 0.357 e. The van der Waals surface area contributed by atoms with Crippen molar-refractivity contribution in [2.75, 3.05) is 26.2 Å². The molecule has 1 amide bonds. The Morgan fingerprint density at radius 3 is 2.65 bits per heavy atom. The number of aliphatic imine (C=N–C) groups is 1. The third kappa shape index (κ3) is 6.70. The molecule has 1 atom stereocenters. The summed E-state index contributed by atoms with van der Waals surface area (Å²) < 4.78 is 0. The first-order valence-corrected chi connectivity index (χ1v) is 9.96. The maximum Gasteiger partial charge on any atom is 0.223 e. The molecule has 3 N–H and O–H groups in total. The average Bonchev–Trinajstić information content (AvgIpc) is 2.57. The summed E-state index contributed by atoms with van der Waals surface area (Å²) in [7, 11) is 0. The molecule has 144 valence electrons. The van der Waals surface area contributed by atoms with Crippen molar-refractivity contribution in [2.45, 2.75) is 52.4 Å². The van der Waals surface area contributed by atoms with E-state index in [9.17, 15) is 4.79 Å². The highest BCUT2D eigenvalue weighted by molar-refractivity contribution is 5.80. The molecular formula is C21H34N4O. The normalized spacial score (nSPS) is 15.9. The van der Waals surface area contributed by atoms with E-state index in [1.165, 1.54) is 17.5 Å². The van der Waals surface area contributed by atoms with E-state index in [0.29, 0.717) is 5.92 Å². The van der Waals surface area contributed by atoms with Gasteiger partial charge in [0.1, 0.15) is 0 Å². The van der Waals surface area contributed by atoms with Gasteiger partial charge in [-0.2, -0.15) is 0 Å². The Bertz CT molecular complexity index is 595. The van der Waals surface area contributed by atoms with Gasteiger partial charge in [0.05, 0.1) is 0 Å². The number of nitrogens with one attached hydrogen (secondary N) is 3. The summed E-state index contributed by atoms with van der Waals surface area (Å²) in [4.78, 5) is 16.5. The molecule has 0 aliphatic heterocycles. The summed E-state index contributed by atoms with van der Waals surface area (Å²) in [5.74, 6) is 1.72. The lowest BCUT2D eigenvalue weighted by Crippen LogP contribution is -2.40. The van der Waals surface area contributed by atoms with Gasteiger partial charge in [-0.05, 0) is 38.7 Å². The Morgan fingerprint density at radius 2 is 2.00 bits per heavy atom. The molecule has 0 heterocycles. The molecule has 0 radical (unpaired) electrons. The molecule has 5 heteroatoms. The fourth-order valence-electron chi connectivity index (χ4n) is 2.97. The van der Waals surface area contributed by atoms with Gasteiger partial charge in [0, 0.05) is 38.0 Å². The van der Waals surface area contributed by atoms with Crippen LogP contribution in [-0.4, -0.2) is 38.0 Å². The van der Waals surface area contributed by atoms with Crippen molar-refractivity contribution < 1.29 is 4.79 Å². The first-order chi connectivity index (χ1) is 12.6. The van der Waals surface area contributed by atoms with Gasteiger partial charge < -0.3 is 16.0 Å². The zero-order valence-electron chi connectivity index (χ0n) is 16.5. The fraction of sp³-hybridized carbons (Fsp3) is 0.619. The van der Waals surface area contributed by atoms with Crippen LogP contribution in [0, 0.1) is 12.8 Å². The SMILES string of the molecule is CCNC(=NCC(C)c1cccc(C)c1)NCCCNC(=O)C1CCC1. The minimum atomic E-state index is 0.226. The Hall–Kier alpha value is -2.04. The maximum absolute atomic E-state index is 11.8. The molecule has 26 heavy (non-hydrogen) atoms. The number of aryl methyl sites for hydroxylation is 1. The predicted octanol–water partition coefficient (Wildman–Crippen LogP) is 2.96. The van der Waals surface area contributed by atoms with Crippen molar-refractivity contribution in [3.63, 3.8) is 0 Å². The molecule has 1 fully saturated rings. The van der Waals surface area contributed by atoms with E-state index in [1.54, 1.807) is 0 Å². The fourth-order valence-corrected chi connectivity index (χ4v) is 2.97. The minimum absolute atomic E-state index is 0.226. The van der Waals surface area contributed by atoms with Crippen LogP contribution in [0.5, 0.6) is 0 Å². The van der Waals surface area contributed by atoms with Crippen LogP contribution in [0.15, 0.2) is 29.3 Å². The van der Waals surface area contributed by atoms with Gasteiger partial charge in [0.2, 0.25) is 5.91 Å². The van der Waals surface area contributed by atoms with Crippen LogP contribution >= 0.6 is 0 Å². The zero-order chi connectivity index (χ0) is 18.8. The molecule has 5 nitrogen and oxygen atoms in total. The van der Waals surface area contributed by atoms with Crippen molar-refractivity contribution in [3.8, 4) is 0 Å². The Kier molecular flexibility index (Phi) is 8.45. The maximum atomic E-state index is 11.8. The third-order valence-electron chi connectivity index (χ3n) is 4.90. The highest BCUT2D eigenvalue weighted by atomic mass is 16.1. The third-order valence-corrected chi connectivity index (χ3v) is 4.90. The summed E-state index contributed by atoms with van der Waals surface area (Å²) >= 11 is 0. The lowest BCUT2D eigenvalue weighted by molar-refractivity contribution is -0.127. The molecule has 0 saturated heterocycles. The quantitative estimate of drug-likeness (QED) is 0.361. The number of carbonyl (C=O) groups excluding carboxylic acids is 1. The lowest BCUT2D eigenvalue weighted by atomic mass is 9.85. The molecule has 2 rings (SSSR count). The number of guanidine groups is 1. The monoisotopic (exact) mass is 358 g/mol. The second-order valence-electron chi connectivity index (χ2n) is 7.23. The number of hydrogen-bond donors (Lipinski definition) is 3. The first kappa shape index (κ1) is 20.3. The molecule has 0 spiro atoms. The molecule has 0 aromatic heterocycles. The van der Waals surface area contributed by atoms with Crippen LogP contribution in [0.4, 0.5) is 0 Å². The van der Waals surface area contributed by atoms with Crippen molar-refractivity contribution in [1.82, 2.24) is 16.0 Å². The van der Waals surface area contributed by atoms with Crippen molar-refractivity contribution in [1.29, 1.82) is 0 Å². The Labute approximate surface area is 158 Å². The van der Waals surface area contributed by atoms with E-state index in [4.69, 9.17) is 4.99 Å². The van der Waals surface area contributed by atoms with E-state index >= 15 is 0 Å². The van der Waals surface area contributed by atoms with Gasteiger partial charge in [-0.3, -0.25) is 9.79 Å². The number of amides is 1. The van der Waals surface area contributed by atoms with Crippen LogP contribution in [-0.2, 0) is 4.79 Å². The van der Waals surface area contributed by atoms with Gasteiger partial charge in [0.15, 0.2) is 5.96 Å². The van der Waals surface area contributed by atoms with Gasteiger partial charge in [-0.25, -0.2) is 0 Å². The smallest absolute Gasteiger partial charge is 0.223 e. The zero-order valence-corrected chi connectivity index (χ0v) is 16.5. The number of benzene rings is 1. The van der Waals surface area contributed by atoms with Gasteiger partial charge in [-0.15, -0.1) is 0 Å². The Balaban J connectivity index is 1.70. The van der Waals surface area contributed by atoms with Gasteiger partial charge >= 0.3 is 0 Å². The molecule has 1 saturated carbocycles. The van der Waals surface area contributed by atoms with Crippen LogP contribution < -0.4 is 16.0 Å². The predicted molar refractivity (Wildman–Crippen MR) is 109 cm³/mol. The second kappa shape index (κ2) is 10.8. The van der Waals surface area contributed by atoms with E-state index in [2.05, 4.69) is 61.0 Å². The van der Waals surface area contributed by atoms with Crippen molar-refractivity contribution in [2.24, 2.45) is 10.9 Å². The molecular weight excluding hydrogens is 324 g/mol. The highest BCUT2D eigenvalue weighted by Gasteiger charge is 2.24. The molecule has 1 aliphatic rings. The van der Waals surface area contributed by atoms with Gasteiger partial charge in [0.25, 0.3) is 0 Å². The molecule has 1 aromatic rings.